The van der Waals surface area contributed by atoms with Crippen LogP contribution in [0.15, 0.2) is 29.2 Å². The molecule has 136 valence electrons. The van der Waals surface area contributed by atoms with Gasteiger partial charge in [-0.3, -0.25) is 0 Å². The molecule has 1 saturated heterocycles. The van der Waals surface area contributed by atoms with E-state index >= 15 is 0 Å². The van der Waals surface area contributed by atoms with E-state index in [0.29, 0.717) is 18.2 Å². The summed E-state index contributed by atoms with van der Waals surface area (Å²) >= 11 is 0. The Labute approximate surface area is 146 Å². The Hall–Kier alpha value is -1.11. The van der Waals surface area contributed by atoms with Crippen LogP contribution in [0.4, 0.5) is 0 Å². The van der Waals surface area contributed by atoms with Gasteiger partial charge >= 0.3 is 0 Å². The Morgan fingerprint density at radius 1 is 1.25 bits per heavy atom. The highest BCUT2D eigenvalue weighted by Gasteiger charge is 2.25. The monoisotopic (exact) mass is 354 g/mol. The van der Waals surface area contributed by atoms with E-state index < -0.39 is 10.0 Å². The zero-order valence-electron chi connectivity index (χ0n) is 15.2. The predicted octanol–water partition coefficient (Wildman–Crippen LogP) is 2.73. The number of nitrogens with one attached hydrogen (secondary N) is 1. The van der Waals surface area contributed by atoms with Crippen LogP contribution in [0, 0.1) is 11.3 Å². The Morgan fingerprint density at radius 2 is 1.92 bits per heavy atom. The molecule has 1 heterocycles. The normalized spacial score (nSPS) is 20.1. The molecule has 0 saturated carbocycles. The van der Waals surface area contributed by atoms with Gasteiger partial charge in [-0.1, -0.05) is 20.8 Å². The molecule has 1 aliphatic heterocycles. The summed E-state index contributed by atoms with van der Waals surface area (Å²) in [7, 11) is -1.90. The molecule has 0 unspecified atom stereocenters. The fourth-order valence-electron chi connectivity index (χ4n) is 3.20. The smallest absolute Gasteiger partial charge is 0.240 e. The first-order chi connectivity index (χ1) is 11.2. The first-order valence-corrected chi connectivity index (χ1v) is 10.0. The third-order valence-electron chi connectivity index (χ3n) is 4.23. The van der Waals surface area contributed by atoms with E-state index in [1.807, 2.05) is 0 Å². The fourth-order valence-corrected chi connectivity index (χ4v) is 4.31. The summed E-state index contributed by atoms with van der Waals surface area (Å²) in [5, 5.41) is 0. The summed E-state index contributed by atoms with van der Waals surface area (Å²) in [5.41, 5.74) is 0.268. The van der Waals surface area contributed by atoms with Gasteiger partial charge in [-0.25, -0.2) is 13.1 Å². The van der Waals surface area contributed by atoms with Crippen molar-refractivity contribution in [3.63, 3.8) is 0 Å². The number of benzene rings is 1. The highest BCUT2D eigenvalue weighted by molar-refractivity contribution is 7.89. The molecule has 24 heavy (non-hydrogen) atoms. The molecule has 6 heteroatoms. The van der Waals surface area contributed by atoms with Crippen molar-refractivity contribution in [3.8, 4) is 5.75 Å². The summed E-state index contributed by atoms with van der Waals surface area (Å²) in [6.45, 7) is 10.3. The number of sulfonamides is 1. The van der Waals surface area contributed by atoms with Gasteiger partial charge < -0.3 is 9.64 Å². The van der Waals surface area contributed by atoms with Gasteiger partial charge in [-0.15, -0.1) is 0 Å². The van der Waals surface area contributed by atoms with Crippen molar-refractivity contribution in [2.75, 3.05) is 33.3 Å². The second-order valence-corrected chi connectivity index (χ2v) is 9.60. The molecule has 1 aromatic carbocycles. The zero-order chi connectivity index (χ0) is 17.8. The number of piperidine rings is 1. The minimum atomic E-state index is -3.46. The van der Waals surface area contributed by atoms with E-state index in [1.54, 1.807) is 31.4 Å². The first-order valence-electron chi connectivity index (χ1n) is 8.56. The Bertz CT molecular complexity index is 621. The van der Waals surface area contributed by atoms with E-state index in [4.69, 9.17) is 4.74 Å². The fraction of sp³-hybridized carbons (Fsp3) is 0.667. The molecule has 1 aromatic rings. The van der Waals surface area contributed by atoms with Crippen molar-refractivity contribution in [2.24, 2.45) is 11.3 Å². The highest BCUT2D eigenvalue weighted by Crippen LogP contribution is 2.22. The number of methoxy groups -OCH3 is 1. The SMILES string of the molecule is COc1ccc(S(=O)(=O)NC[C@@H]2CCCN(CC(C)(C)C)C2)cc1. The van der Waals surface area contributed by atoms with Crippen LogP contribution in [-0.4, -0.2) is 46.6 Å². The quantitative estimate of drug-likeness (QED) is 0.853. The molecule has 2 rings (SSSR count). The maximum atomic E-state index is 12.4. The molecule has 0 aliphatic carbocycles. The molecular formula is C18H30N2O3S. The third kappa shape index (κ3) is 5.76. The molecule has 1 fully saturated rings. The third-order valence-corrected chi connectivity index (χ3v) is 5.67. The molecule has 0 bridgehead atoms. The Kier molecular flexibility index (Phi) is 6.28. The average Bonchev–Trinajstić information content (AvgIpc) is 2.52. The van der Waals surface area contributed by atoms with Crippen LogP contribution in [0.3, 0.4) is 0 Å². The van der Waals surface area contributed by atoms with E-state index in [-0.39, 0.29) is 10.3 Å². The van der Waals surface area contributed by atoms with E-state index in [9.17, 15) is 8.42 Å². The molecule has 0 spiro atoms. The Morgan fingerprint density at radius 3 is 2.50 bits per heavy atom. The van der Waals surface area contributed by atoms with Crippen LogP contribution in [0.5, 0.6) is 5.75 Å². The minimum Gasteiger partial charge on any atom is -0.497 e. The van der Waals surface area contributed by atoms with E-state index in [2.05, 4.69) is 30.4 Å². The van der Waals surface area contributed by atoms with Crippen molar-refractivity contribution in [1.82, 2.24) is 9.62 Å². The lowest BCUT2D eigenvalue weighted by molar-refractivity contribution is 0.129. The molecule has 5 nitrogen and oxygen atoms in total. The molecule has 1 N–H and O–H groups in total. The van der Waals surface area contributed by atoms with Crippen LogP contribution < -0.4 is 9.46 Å². The van der Waals surface area contributed by atoms with Crippen molar-refractivity contribution >= 4 is 10.0 Å². The van der Waals surface area contributed by atoms with Gasteiger partial charge in [0.05, 0.1) is 12.0 Å². The van der Waals surface area contributed by atoms with Gasteiger partial charge in [0.2, 0.25) is 10.0 Å². The number of rotatable bonds is 6. The number of hydrogen-bond donors (Lipinski definition) is 1. The zero-order valence-corrected chi connectivity index (χ0v) is 16.0. The second-order valence-electron chi connectivity index (χ2n) is 7.83. The lowest BCUT2D eigenvalue weighted by Crippen LogP contribution is -2.43. The second kappa shape index (κ2) is 7.85. The van der Waals surface area contributed by atoms with Gasteiger partial charge in [-0.05, 0) is 55.0 Å². The number of nitrogens with zero attached hydrogens (tertiary/aromatic N) is 1. The summed E-state index contributed by atoms with van der Waals surface area (Å²) in [6, 6.07) is 6.49. The van der Waals surface area contributed by atoms with Crippen LogP contribution in [0.25, 0.3) is 0 Å². The predicted molar refractivity (Wildman–Crippen MR) is 96.8 cm³/mol. The maximum absolute atomic E-state index is 12.4. The van der Waals surface area contributed by atoms with Crippen molar-refractivity contribution in [1.29, 1.82) is 0 Å². The van der Waals surface area contributed by atoms with Gasteiger partial charge in [-0.2, -0.15) is 0 Å². The molecule has 0 aromatic heterocycles. The van der Waals surface area contributed by atoms with Crippen molar-refractivity contribution < 1.29 is 13.2 Å². The average molecular weight is 355 g/mol. The lowest BCUT2D eigenvalue weighted by Gasteiger charge is -2.36. The van der Waals surface area contributed by atoms with E-state index in [0.717, 1.165) is 32.5 Å². The number of hydrogen-bond acceptors (Lipinski definition) is 4. The first kappa shape index (κ1) is 19.2. The summed E-state index contributed by atoms with van der Waals surface area (Å²) < 4.78 is 32.7. The van der Waals surface area contributed by atoms with Gasteiger partial charge in [0.1, 0.15) is 5.75 Å². The van der Waals surface area contributed by atoms with Crippen LogP contribution in [0.1, 0.15) is 33.6 Å². The van der Waals surface area contributed by atoms with Gasteiger partial charge in [0.25, 0.3) is 0 Å². The lowest BCUT2D eigenvalue weighted by atomic mass is 9.92. The van der Waals surface area contributed by atoms with Crippen molar-refractivity contribution in [2.45, 2.75) is 38.5 Å². The van der Waals surface area contributed by atoms with Crippen molar-refractivity contribution in [3.05, 3.63) is 24.3 Å². The summed E-state index contributed by atoms with van der Waals surface area (Å²) in [5.74, 6) is 1.02. The summed E-state index contributed by atoms with van der Waals surface area (Å²) in [6.07, 6.45) is 2.21. The Balaban J connectivity index is 1.91. The largest absolute Gasteiger partial charge is 0.497 e. The topological polar surface area (TPSA) is 58.6 Å². The maximum Gasteiger partial charge on any atom is 0.240 e. The van der Waals surface area contributed by atoms with E-state index in [1.165, 1.54) is 0 Å². The molecular weight excluding hydrogens is 324 g/mol. The number of ether oxygens (including phenoxy) is 1. The highest BCUT2D eigenvalue weighted by atomic mass is 32.2. The van der Waals surface area contributed by atoms with Gasteiger partial charge in [0.15, 0.2) is 0 Å². The summed E-state index contributed by atoms with van der Waals surface area (Å²) in [4.78, 5) is 2.74. The minimum absolute atomic E-state index is 0.268. The molecule has 0 radical (unpaired) electrons. The number of likely N-dealkylation sites (tertiary alicyclic amines) is 1. The standard InChI is InChI=1S/C18H30N2O3S/c1-18(2,3)14-20-11-5-6-15(13-20)12-19-24(21,22)17-9-7-16(23-4)8-10-17/h7-10,15,19H,5-6,11-14H2,1-4H3/t15-/m0/s1. The van der Waals surface area contributed by atoms with Gasteiger partial charge in [0, 0.05) is 19.6 Å². The van der Waals surface area contributed by atoms with Crippen LogP contribution in [-0.2, 0) is 10.0 Å². The van der Waals surface area contributed by atoms with Crippen LogP contribution >= 0.6 is 0 Å². The molecule has 1 aliphatic rings. The molecule has 0 amide bonds. The van der Waals surface area contributed by atoms with Crippen LogP contribution in [0.2, 0.25) is 0 Å². The molecule has 1 atom stereocenters.